The zero-order valence-corrected chi connectivity index (χ0v) is 12.0. The summed E-state index contributed by atoms with van der Waals surface area (Å²) in [6.45, 7) is 1.77. The number of carbonyl (C=O) groups is 2. The quantitative estimate of drug-likeness (QED) is 0.909. The highest BCUT2D eigenvalue weighted by molar-refractivity contribution is 6.29. The van der Waals surface area contributed by atoms with Crippen molar-refractivity contribution in [3.05, 3.63) is 47.5 Å². The molecule has 0 unspecified atom stereocenters. The van der Waals surface area contributed by atoms with Crippen LogP contribution in [-0.4, -0.2) is 21.8 Å². The molecular weight excluding hydrogens is 292 g/mol. The van der Waals surface area contributed by atoms with Crippen LogP contribution in [0.1, 0.15) is 23.8 Å². The van der Waals surface area contributed by atoms with Gasteiger partial charge in [-0.05, 0) is 24.3 Å². The van der Waals surface area contributed by atoms with Gasteiger partial charge in [-0.25, -0.2) is 4.98 Å². The number of hydrogen-bond donors (Lipinski definition) is 2. The first-order valence-corrected chi connectivity index (χ1v) is 6.65. The third kappa shape index (κ3) is 4.25. The summed E-state index contributed by atoms with van der Waals surface area (Å²) in [5.41, 5.74) is 1.38. The smallest absolute Gasteiger partial charge is 0.275 e. The van der Waals surface area contributed by atoms with Gasteiger partial charge in [-0.3, -0.25) is 14.6 Å². The molecule has 0 fully saturated rings. The number of amides is 2. The van der Waals surface area contributed by atoms with Gasteiger partial charge in [0.25, 0.3) is 5.91 Å². The molecule has 0 aliphatic rings. The van der Waals surface area contributed by atoms with Gasteiger partial charge in [0.05, 0.1) is 12.4 Å². The normalized spacial score (nSPS) is 10.0. The topological polar surface area (TPSA) is 84.0 Å². The summed E-state index contributed by atoms with van der Waals surface area (Å²) in [5.74, 6) is -0.476. The minimum absolute atomic E-state index is 0.0685. The van der Waals surface area contributed by atoms with E-state index in [0.717, 1.165) is 0 Å². The number of hydrogen-bond acceptors (Lipinski definition) is 4. The largest absolute Gasteiger partial charge is 0.326 e. The molecule has 2 rings (SSSR count). The molecule has 108 valence electrons. The molecule has 1 heterocycles. The lowest BCUT2D eigenvalue weighted by atomic mass is 10.2. The minimum Gasteiger partial charge on any atom is -0.326 e. The SMILES string of the molecule is CCC(=O)Nc1ccc(NC(=O)c2cncc(Cl)n2)cc1. The molecule has 1 aromatic carbocycles. The summed E-state index contributed by atoms with van der Waals surface area (Å²) >= 11 is 5.68. The van der Waals surface area contributed by atoms with Gasteiger partial charge in [-0.1, -0.05) is 18.5 Å². The van der Waals surface area contributed by atoms with Crippen molar-refractivity contribution in [3.8, 4) is 0 Å². The average molecular weight is 305 g/mol. The van der Waals surface area contributed by atoms with Gasteiger partial charge in [-0.2, -0.15) is 0 Å². The molecule has 2 amide bonds. The van der Waals surface area contributed by atoms with E-state index in [-0.39, 0.29) is 16.8 Å². The lowest BCUT2D eigenvalue weighted by molar-refractivity contribution is -0.115. The number of nitrogens with zero attached hydrogens (tertiary/aromatic N) is 2. The molecule has 0 saturated heterocycles. The number of anilines is 2. The van der Waals surface area contributed by atoms with Gasteiger partial charge in [0.1, 0.15) is 10.8 Å². The van der Waals surface area contributed by atoms with Crippen molar-refractivity contribution in [1.29, 1.82) is 0 Å². The van der Waals surface area contributed by atoms with Gasteiger partial charge in [0.15, 0.2) is 0 Å². The molecule has 2 N–H and O–H groups in total. The van der Waals surface area contributed by atoms with Crippen LogP contribution in [0.4, 0.5) is 11.4 Å². The van der Waals surface area contributed by atoms with Crippen LogP contribution in [0.3, 0.4) is 0 Å². The molecule has 1 aromatic heterocycles. The number of benzene rings is 1. The van der Waals surface area contributed by atoms with Crippen LogP contribution in [0.2, 0.25) is 5.15 Å². The van der Waals surface area contributed by atoms with E-state index >= 15 is 0 Å². The third-order valence-corrected chi connectivity index (χ3v) is 2.77. The van der Waals surface area contributed by atoms with Crippen LogP contribution in [0.15, 0.2) is 36.7 Å². The molecule has 0 bridgehead atoms. The van der Waals surface area contributed by atoms with Crippen LogP contribution < -0.4 is 10.6 Å². The first-order chi connectivity index (χ1) is 10.1. The maximum atomic E-state index is 11.9. The molecule has 0 radical (unpaired) electrons. The molecule has 0 atom stereocenters. The Morgan fingerprint density at radius 1 is 1.10 bits per heavy atom. The summed E-state index contributed by atoms with van der Waals surface area (Å²) in [5, 5.41) is 5.54. The van der Waals surface area contributed by atoms with Gasteiger partial charge in [0.2, 0.25) is 5.91 Å². The summed E-state index contributed by atoms with van der Waals surface area (Å²) in [6, 6.07) is 6.77. The number of halogens is 1. The van der Waals surface area contributed by atoms with E-state index in [0.29, 0.717) is 17.8 Å². The van der Waals surface area contributed by atoms with E-state index < -0.39 is 5.91 Å². The van der Waals surface area contributed by atoms with Gasteiger partial charge in [-0.15, -0.1) is 0 Å². The molecule has 0 aliphatic carbocycles. The monoisotopic (exact) mass is 304 g/mol. The first kappa shape index (κ1) is 14.9. The van der Waals surface area contributed by atoms with Crippen molar-refractivity contribution in [1.82, 2.24) is 9.97 Å². The van der Waals surface area contributed by atoms with Gasteiger partial charge < -0.3 is 10.6 Å². The Hall–Kier alpha value is -2.47. The van der Waals surface area contributed by atoms with E-state index in [1.165, 1.54) is 12.4 Å². The number of nitrogens with one attached hydrogen (secondary N) is 2. The van der Waals surface area contributed by atoms with Gasteiger partial charge in [0, 0.05) is 17.8 Å². The lowest BCUT2D eigenvalue weighted by Crippen LogP contribution is -2.14. The molecule has 2 aromatic rings. The minimum atomic E-state index is -0.407. The summed E-state index contributed by atoms with van der Waals surface area (Å²) in [6.07, 6.45) is 3.09. The summed E-state index contributed by atoms with van der Waals surface area (Å²) in [4.78, 5) is 30.9. The molecule has 21 heavy (non-hydrogen) atoms. The Kier molecular flexibility index (Phi) is 4.84. The number of aromatic nitrogens is 2. The Balaban J connectivity index is 2.03. The van der Waals surface area contributed by atoms with E-state index in [1.54, 1.807) is 31.2 Å². The predicted octanol–water partition coefficient (Wildman–Crippen LogP) is 2.73. The van der Waals surface area contributed by atoms with E-state index in [2.05, 4.69) is 20.6 Å². The van der Waals surface area contributed by atoms with Crippen molar-refractivity contribution in [2.24, 2.45) is 0 Å². The zero-order valence-electron chi connectivity index (χ0n) is 11.3. The molecule has 7 heteroatoms. The third-order valence-electron chi connectivity index (χ3n) is 2.59. The van der Waals surface area contributed by atoms with E-state index in [9.17, 15) is 9.59 Å². The van der Waals surface area contributed by atoms with Crippen molar-refractivity contribution in [3.63, 3.8) is 0 Å². The summed E-state index contributed by atoms with van der Waals surface area (Å²) < 4.78 is 0. The Bertz CT molecular complexity index is 658. The Morgan fingerprint density at radius 3 is 2.29 bits per heavy atom. The highest BCUT2D eigenvalue weighted by Gasteiger charge is 2.09. The van der Waals surface area contributed by atoms with Crippen LogP contribution in [0.25, 0.3) is 0 Å². The van der Waals surface area contributed by atoms with E-state index in [1.807, 2.05) is 0 Å². The molecule has 0 aliphatic heterocycles. The maximum absolute atomic E-state index is 11.9. The van der Waals surface area contributed by atoms with Crippen LogP contribution in [0.5, 0.6) is 0 Å². The predicted molar refractivity (Wildman–Crippen MR) is 80.4 cm³/mol. The zero-order chi connectivity index (χ0) is 15.2. The lowest BCUT2D eigenvalue weighted by Gasteiger charge is -2.07. The van der Waals surface area contributed by atoms with Gasteiger partial charge >= 0.3 is 0 Å². The first-order valence-electron chi connectivity index (χ1n) is 6.27. The number of rotatable bonds is 4. The molecule has 0 spiro atoms. The van der Waals surface area contributed by atoms with Crippen molar-refractivity contribution in [2.45, 2.75) is 13.3 Å². The van der Waals surface area contributed by atoms with Crippen molar-refractivity contribution < 1.29 is 9.59 Å². The Morgan fingerprint density at radius 2 is 1.71 bits per heavy atom. The van der Waals surface area contributed by atoms with Crippen LogP contribution in [-0.2, 0) is 4.79 Å². The second kappa shape index (κ2) is 6.81. The fourth-order valence-corrected chi connectivity index (χ4v) is 1.68. The van der Waals surface area contributed by atoms with Crippen molar-refractivity contribution >= 4 is 34.8 Å². The maximum Gasteiger partial charge on any atom is 0.275 e. The fourth-order valence-electron chi connectivity index (χ4n) is 1.53. The summed E-state index contributed by atoms with van der Waals surface area (Å²) in [7, 11) is 0. The molecule has 0 saturated carbocycles. The highest BCUT2D eigenvalue weighted by Crippen LogP contribution is 2.14. The fraction of sp³-hybridized carbons (Fsp3) is 0.143. The standard InChI is InChI=1S/C14H13ClN4O2/c1-2-13(20)17-9-3-5-10(6-4-9)18-14(21)11-7-16-8-12(15)19-11/h3-8H,2H2,1H3,(H,17,20)(H,18,21). The number of carbonyl (C=O) groups excluding carboxylic acids is 2. The second-order valence-corrected chi connectivity index (χ2v) is 4.55. The Labute approximate surface area is 126 Å². The highest BCUT2D eigenvalue weighted by atomic mass is 35.5. The van der Waals surface area contributed by atoms with Crippen LogP contribution >= 0.6 is 11.6 Å². The van der Waals surface area contributed by atoms with Crippen LogP contribution in [0, 0.1) is 0 Å². The van der Waals surface area contributed by atoms with E-state index in [4.69, 9.17) is 11.6 Å². The average Bonchev–Trinajstić information content (AvgIpc) is 2.49. The molecule has 6 nitrogen and oxygen atoms in total. The molecular formula is C14H13ClN4O2. The van der Waals surface area contributed by atoms with Crippen molar-refractivity contribution in [2.75, 3.05) is 10.6 Å². The second-order valence-electron chi connectivity index (χ2n) is 4.16.